The first kappa shape index (κ1) is 12.5. The monoisotopic (exact) mass is 218 g/mol. The molecule has 4 nitrogen and oxygen atoms in total. The standard InChI is InChI=1S/C12H18N4/c1-12(9-13,15-14)8-10-4-6-11(7-5-10)16(2)3/h4-7,15H,8,14H2,1-3H3. The van der Waals surface area contributed by atoms with Crippen LogP contribution >= 0.6 is 0 Å². The Morgan fingerprint density at radius 2 is 1.94 bits per heavy atom. The van der Waals surface area contributed by atoms with E-state index in [1.807, 2.05) is 43.3 Å². The van der Waals surface area contributed by atoms with Crippen molar-refractivity contribution in [2.45, 2.75) is 18.9 Å². The lowest BCUT2D eigenvalue weighted by Gasteiger charge is -2.20. The number of nitrogens with zero attached hydrogens (tertiary/aromatic N) is 2. The van der Waals surface area contributed by atoms with Gasteiger partial charge < -0.3 is 4.90 Å². The first-order valence-corrected chi connectivity index (χ1v) is 5.16. The average molecular weight is 218 g/mol. The number of nitrogens with one attached hydrogen (secondary N) is 1. The third kappa shape index (κ3) is 2.96. The number of hydrazine groups is 1. The fraction of sp³-hybridized carbons (Fsp3) is 0.417. The van der Waals surface area contributed by atoms with Gasteiger partial charge in [-0.3, -0.25) is 5.84 Å². The Labute approximate surface area is 96.6 Å². The molecule has 86 valence electrons. The van der Waals surface area contributed by atoms with Gasteiger partial charge in [-0.2, -0.15) is 5.26 Å². The lowest BCUT2D eigenvalue weighted by Crippen LogP contribution is -2.47. The molecule has 0 aromatic heterocycles. The van der Waals surface area contributed by atoms with E-state index < -0.39 is 5.54 Å². The predicted octanol–water partition coefficient (Wildman–Crippen LogP) is 1.04. The molecule has 0 aliphatic heterocycles. The fourth-order valence-corrected chi connectivity index (χ4v) is 1.44. The molecule has 3 N–H and O–H groups in total. The van der Waals surface area contributed by atoms with Gasteiger partial charge in [0.25, 0.3) is 0 Å². The van der Waals surface area contributed by atoms with Crippen molar-refractivity contribution >= 4 is 5.69 Å². The molecule has 0 amide bonds. The molecule has 0 saturated heterocycles. The molecule has 1 atom stereocenters. The quantitative estimate of drug-likeness (QED) is 0.585. The molecule has 4 heteroatoms. The summed E-state index contributed by atoms with van der Waals surface area (Å²) >= 11 is 0. The van der Waals surface area contributed by atoms with Crippen LogP contribution in [0.15, 0.2) is 24.3 Å². The second kappa shape index (κ2) is 4.97. The summed E-state index contributed by atoms with van der Waals surface area (Å²) < 4.78 is 0. The van der Waals surface area contributed by atoms with Gasteiger partial charge in [-0.1, -0.05) is 12.1 Å². The van der Waals surface area contributed by atoms with Crippen molar-refractivity contribution in [3.63, 3.8) is 0 Å². The highest BCUT2D eigenvalue weighted by molar-refractivity contribution is 5.46. The summed E-state index contributed by atoms with van der Waals surface area (Å²) in [5.74, 6) is 5.36. The zero-order chi connectivity index (χ0) is 12.2. The van der Waals surface area contributed by atoms with Crippen LogP contribution in [0, 0.1) is 11.3 Å². The largest absolute Gasteiger partial charge is 0.378 e. The lowest BCUT2D eigenvalue weighted by atomic mass is 9.95. The van der Waals surface area contributed by atoms with Crippen LogP contribution in [0.5, 0.6) is 0 Å². The first-order valence-electron chi connectivity index (χ1n) is 5.16. The van der Waals surface area contributed by atoms with Crippen LogP contribution in [-0.4, -0.2) is 19.6 Å². The fourth-order valence-electron chi connectivity index (χ4n) is 1.44. The van der Waals surface area contributed by atoms with Crippen molar-refractivity contribution in [2.75, 3.05) is 19.0 Å². The van der Waals surface area contributed by atoms with Crippen LogP contribution in [0.25, 0.3) is 0 Å². The Hall–Kier alpha value is -1.57. The van der Waals surface area contributed by atoms with E-state index in [1.54, 1.807) is 6.92 Å². The maximum Gasteiger partial charge on any atom is 0.119 e. The maximum atomic E-state index is 8.99. The zero-order valence-corrected chi connectivity index (χ0v) is 9.99. The number of anilines is 1. The third-order valence-corrected chi connectivity index (χ3v) is 2.58. The highest BCUT2D eigenvalue weighted by Gasteiger charge is 2.21. The van der Waals surface area contributed by atoms with Gasteiger partial charge >= 0.3 is 0 Å². The highest BCUT2D eigenvalue weighted by atomic mass is 15.3. The minimum absolute atomic E-state index is 0.591. The van der Waals surface area contributed by atoms with E-state index in [9.17, 15) is 0 Å². The second-order valence-corrected chi connectivity index (χ2v) is 4.33. The summed E-state index contributed by atoms with van der Waals surface area (Å²) in [5.41, 5.74) is 4.07. The van der Waals surface area contributed by atoms with E-state index in [4.69, 9.17) is 11.1 Å². The molecule has 1 aromatic rings. The molecule has 16 heavy (non-hydrogen) atoms. The Bertz CT molecular complexity index is 377. The minimum Gasteiger partial charge on any atom is -0.378 e. The van der Waals surface area contributed by atoms with Crippen molar-refractivity contribution in [3.8, 4) is 6.07 Å². The molecule has 0 aliphatic carbocycles. The second-order valence-electron chi connectivity index (χ2n) is 4.33. The number of rotatable bonds is 4. The van der Waals surface area contributed by atoms with Gasteiger partial charge in [0.05, 0.1) is 6.07 Å². The molecular formula is C12H18N4. The Morgan fingerprint density at radius 1 is 1.38 bits per heavy atom. The van der Waals surface area contributed by atoms with Crippen LogP contribution in [0.4, 0.5) is 5.69 Å². The molecule has 1 rings (SSSR count). The van der Waals surface area contributed by atoms with E-state index in [-0.39, 0.29) is 0 Å². The Morgan fingerprint density at radius 3 is 2.31 bits per heavy atom. The maximum absolute atomic E-state index is 8.99. The van der Waals surface area contributed by atoms with E-state index in [1.165, 1.54) is 0 Å². The SMILES string of the molecule is CN(C)c1ccc(CC(C)(C#N)NN)cc1. The van der Waals surface area contributed by atoms with Gasteiger partial charge in [0.2, 0.25) is 0 Å². The highest BCUT2D eigenvalue weighted by Crippen LogP contribution is 2.16. The van der Waals surface area contributed by atoms with E-state index >= 15 is 0 Å². The van der Waals surface area contributed by atoms with Crippen molar-refractivity contribution in [1.82, 2.24) is 5.43 Å². The van der Waals surface area contributed by atoms with Gasteiger partial charge in [-0.15, -0.1) is 0 Å². The number of hydrogen-bond donors (Lipinski definition) is 2. The molecule has 1 unspecified atom stereocenters. The minimum atomic E-state index is -0.709. The summed E-state index contributed by atoms with van der Waals surface area (Å²) in [6, 6.07) is 10.3. The average Bonchev–Trinajstić information content (AvgIpc) is 2.29. The molecule has 0 heterocycles. The van der Waals surface area contributed by atoms with Gasteiger partial charge in [-0.05, 0) is 24.6 Å². The molecule has 0 aliphatic rings. The van der Waals surface area contributed by atoms with E-state index in [0.717, 1.165) is 11.3 Å². The predicted molar refractivity (Wildman–Crippen MR) is 65.8 cm³/mol. The smallest absolute Gasteiger partial charge is 0.119 e. The number of nitriles is 1. The zero-order valence-electron chi connectivity index (χ0n) is 9.99. The topological polar surface area (TPSA) is 65.1 Å². The van der Waals surface area contributed by atoms with Gasteiger partial charge in [0.15, 0.2) is 0 Å². The van der Waals surface area contributed by atoms with Crippen molar-refractivity contribution in [2.24, 2.45) is 5.84 Å². The summed E-state index contributed by atoms with van der Waals surface area (Å²) in [6.07, 6.45) is 0.591. The van der Waals surface area contributed by atoms with Crippen LogP contribution in [0.1, 0.15) is 12.5 Å². The van der Waals surface area contributed by atoms with E-state index in [2.05, 4.69) is 11.5 Å². The van der Waals surface area contributed by atoms with Crippen molar-refractivity contribution < 1.29 is 0 Å². The summed E-state index contributed by atoms with van der Waals surface area (Å²) in [7, 11) is 3.99. The third-order valence-electron chi connectivity index (χ3n) is 2.58. The molecule has 0 spiro atoms. The normalized spacial score (nSPS) is 13.9. The summed E-state index contributed by atoms with van der Waals surface area (Å²) in [6.45, 7) is 1.78. The lowest BCUT2D eigenvalue weighted by molar-refractivity contribution is 0.458. The van der Waals surface area contributed by atoms with Crippen LogP contribution < -0.4 is 16.2 Å². The van der Waals surface area contributed by atoms with Gasteiger partial charge in [0.1, 0.15) is 5.54 Å². The number of benzene rings is 1. The Balaban J connectivity index is 2.80. The molecule has 0 radical (unpaired) electrons. The van der Waals surface area contributed by atoms with Crippen molar-refractivity contribution in [1.29, 1.82) is 5.26 Å². The summed E-state index contributed by atoms with van der Waals surface area (Å²) in [5, 5.41) is 8.99. The summed E-state index contributed by atoms with van der Waals surface area (Å²) in [4.78, 5) is 2.04. The number of hydrogen-bond acceptors (Lipinski definition) is 4. The van der Waals surface area contributed by atoms with Gasteiger partial charge in [-0.25, -0.2) is 5.43 Å². The number of nitrogens with two attached hydrogens (primary N) is 1. The molecular weight excluding hydrogens is 200 g/mol. The van der Waals surface area contributed by atoms with Crippen molar-refractivity contribution in [3.05, 3.63) is 29.8 Å². The molecule has 1 aromatic carbocycles. The van der Waals surface area contributed by atoms with Crippen LogP contribution in [-0.2, 0) is 6.42 Å². The van der Waals surface area contributed by atoms with Crippen LogP contribution in [0.3, 0.4) is 0 Å². The molecule has 0 bridgehead atoms. The van der Waals surface area contributed by atoms with Crippen LogP contribution in [0.2, 0.25) is 0 Å². The van der Waals surface area contributed by atoms with Gasteiger partial charge in [0, 0.05) is 26.2 Å². The molecule has 0 saturated carbocycles. The molecule has 0 fully saturated rings. The van der Waals surface area contributed by atoms with E-state index in [0.29, 0.717) is 6.42 Å². The Kier molecular flexibility index (Phi) is 3.88. The first-order chi connectivity index (χ1) is 7.50.